The quantitative estimate of drug-likeness (QED) is 0.379. The van der Waals surface area contributed by atoms with Crippen LogP contribution in [0, 0.1) is 5.92 Å². The lowest BCUT2D eigenvalue weighted by Crippen LogP contribution is -2.60. The Labute approximate surface area is 282 Å². The molecule has 3 N–H and O–H groups in total. The molecular weight excluding hydrogens is 616 g/mol. The lowest BCUT2D eigenvalue weighted by molar-refractivity contribution is -0.142. The molecule has 11 heteroatoms. The number of rotatable bonds is 9. The van der Waals surface area contributed by atoms with Crippen LogP contribution in [0.5, 0.6) is 0 Å². The standard InChI is InChI=1S/C36H47ClN6O4/c37-28-15-13-26(14-16-28)22-31(40-33(45)27-8-7-19-38-23-27)34(46)41-20-17-36(18-21-41)35(47)42(25-43(36)30-11-5-2-6-12-30)24-32(44)39-29-9-3-1-4-10-29/h2,5-6,11-16,27,29,31,38H,1,3-4,7-10,17-25H2,(H,39,44)(H,40,45). The summed E-state index contributed by atoms with van der Waals surface area (Å²) >= 11 is 6.12. The Balaban J connectivity index is 1.16. The van der Waals surface area contributed by atoms with Crippen molar-refractivity contribution in [3.05, 3.63) is 65.2 Å². The van der Waals surface area contributed by atoms with Crippen molar-refractivity contribution in [2.75, 3.05) is 44.3 Å². The first-order valence-electron chi connectivity index (χ1n) is 17.3. The number of halogens is 1. The van der Waals surface area contributed by atoms with E-state index in [0.717, 1.165) is 56.3 Å². The number of piperidine rings is 2. The van der Waals surface area contributed by atoms with Crippen molar-refractivity contribution >= 4 is 40.9 Å². The highest BCUT2D eigenvalue weighted by molar-refractivity contribution is 6.30. The van der Waals surface area contributed by atoms with Crippen molar-refractivity contribution in [1.29, 1.82) is 0 Å². The Bertz CT molecular complexity index is 1400. The molecular formula is C36H47ClN6O4. The summed E-state index contributed by atoms with van der Waals surface area (Å²) in [5.74, 6) is -0.612. The predicted molar refractivity (Wildman–Crippen MR) is 182 cm³/mol. The van der Waals surface area contributed by atoms with Crippen LogP contribution in [0.4, 0.5) is 5.69 Å². The highest BCUT2D eigenvalue weighted by Gasteiger charge is 2.54. The van der Waals surface area contributed by atoms with Crippen molar-refractivity contribution in [3.63, 3.8) is 0 Å². The minimum Gasteiger partial charge on any atom is -0.352 e. The van der Waals surface area contributed by atoms with Gasteiger partial charge in [0.2, 0.25) is 17.7 Å². The molecule has 10 nitrogen and oxygen atoms in total. The molecule has 4 amide bonds. The van der Waals surface area contributed by atoms with Crippen LogP contribution in [0.3, 0.4) is 0 Å². The fourth-order valence-electron chi connectivity index (χ4n) is 7.75. The normalized spacial score (nSPS) is 22.3. The second kappa shape index (κ2) is 15.1. The molecule has 0 bridgehead atoms. The third-order valence-corrected chi connectivity index (χ3v) is 10.7. The summed E-state index contributed by atoms with van der Waals surface area (Å²) in [6.45, 7) is 2.58. The Kier molecular flexibility index (Phi) is 10.7. The minimum atomic E-state index is -0.855. The zero-order valence-electron chi connectivity index (χ0n) is 27.1. The molecule has 1 aliphatic carbocycles. The van der Waals surface area contributed by atoms with Crippen LogP contribution in [0.15, 0.2) is 54.6 Å². The average molecular weight is 663 g/mol. The Morgan fingerprint density at radius 2 is 1.66 bits per heavy atom. The van der Waals surface area contributed by atoms with Crippen LogP contribution in [0.25, 0.3) is 0 Å². The molecule has 1 spiro atoms. The monoisotopic (exact) mass is 662 g/mol. The number of benzene rings is 2. The molecule has 3 aliphatic heterocycles. The van der Waals surface area contributed by atoms with Crippen LogP contribution in [0.1, 0.15) is 63.4 Å². The third kappa shape index (κ3) is 7.75. The minimum absolute atomic E-state index is 0.0221. The number of amides is 4. The van der Waals surface area contributed by atoms with Crippen molar-refractivity contribution in [2.45, 2.75) is 81.8 Å². The Morgan fingerprint density at radius 1 is 0.936 bits per heavy atom. The first kappa shape index (κ1) is 33.3. The van der Waals surface area contributed by atoms with Crippen LogP contribution in [0.2, 0.25) is 5.02 Å². The van der Waals surface area contributed by atoms with E-state index in [2.05, 4.69) is 20.9 Å². The molecule has 3 heterocycles. The zero-order valence-corrected chi connectivity index (χ0v) is 27.9. The number of nitrogens with zero attached hydrogens (tertiary/aromatic N) is 3. The van der Waals surface area contributed by atoms with Gasteiger partial charge in [-0.2, -0.15) is 0 Å². The van der Waals surface area contributed by atoms with E-state index in [1.54, 1.807) is 21.9 Å². The second-order valence-electron chi connectivity index (χ2n) is 13.6. The summed E-state index contributed by atoms with van der Waals surface area (Å²) in [5, 5.41) is 10.1. The van der Waals surface area contributed by atoms with Gasteiger partial charge in [-0.15, -0.1) is 0 Å². The smallest absolute Gasteiger partial charge is 0.250 e. The van der Waals surface area contributed by atoms with E-state index in [0.29, 0.717) is 50.6 Å². The van der Waals surface area contributed by atoms with E-state index < -0.39 is 11.6 Å². The summed E-state index contributed by atoms with van der Waals surface area (Å²) in [5.41, 5.74) is 0.975. The molecule has 0 aromatic heterocycles. The fourth-order valence-corrected chi connectivity index (χ4v) is 7.88. The molecule has 3 saturated heterocycles. The molecule has 2 aromatic carbocycles. The number of hydrogen-bond acceptors (Lipinski definition) is 6. The fraction of sp³-hybridized carbons (Fsp3) is 0.556. The van der Waals surface area contributed by atoms with Gasteiger partial charge in [-0.1, -0.05) is 61.2 Å². The van der Waals surface area contributed by atoms with Gasteiger partial charge in [0, 0.05) is 42.8 Å². The second-order valence-corrected chi connectivity index (χ2v) is 14.0. The van der Waals surface area contributed by atoms with Gasteiger partial charge in [0.05, 0.1) is 12.6 Å². The largest absolute Gasteiger partial charge is 0.352 e. The summed E-state index contributed by atoms with van der Waals surface area (Å²) in [4.78, 5) is 60.3. The van der Waals surface area contributed by atoms with Crippen LogP contribution in [-0.2, 0) is 25.6 Å². The van der Waals surface area contributed by atoms with E-state index in [1.807, 2.05) is 42.5 Å². The number of carbonyl (C=O) groups is 4. The molecule has 6 rings (SSSR count). The molecule has 252 valence electrons. The molecule has 2 aromatic rings. The Hall–Kier alpha value is -3.63. The average Bonchev–Trinajstić information content (AvgIpc) is 3.36. The zero-order chi connectivity index (χ0) is 32.8. The van der Waals surface area contributed by atoms with Gasteiger partial charge in [-0.25, -0.2) is 0 Å². The molecule has 0 radical (unpaired) electrons. The summed E-state index contributed by atoms with van der Waals surface area (Å²) in [6.07, 6.45) is 8.35. The number of carbonyl (C=O) groups excluding carboxylic acids is 4. The lowest BCUT2D eigenvalue weighted by atomic mass is 9.85. The molecule has 1 saturated carbocycles. The number of nitrogens with one attached hydrogen (secondary N) is 3. The maximum absolute atomic E-state index is 14.2. The summed E-state index contributed by atoms with van der Waals surface area (Å²) < 4.78 is 0. The van der Waals surface area contributed by atoms with Gasteiger partial charge in [0.25, 0.3) is 5.91 Å². The summed E-state index contributed by atoms with van der Waals surface area (Å²) in [6, 6.07) is 16.7. The molecule has 47 heavy (non-hydrogen) atoms. The van der Waals surface area contributed by atoms with Gasteiger partial charge in [0.1, 0.15) is 18.1 Å². The van der Waals surface area contributed by atoms with Gasteiger partial charge < -0.3 is 30.7 Å². The highest BCUT2D eigenvalue weighted by atomic mass is 35.5. The molecule has 4 aliphatic rings. The van der Waals surface area contributed by atoms with Gasteiger partial charge in [0.15, 0.2) is 0 Å². The van der Waals surface area contributed by atoms with Crippen LogP contribution < -0.4 is 20.9 Å². The van der Waals surface area contributed by atoms with E-state index >= 15 is 0 Å². The van der Waals surface area contributed by atoms with Gasteiger partial charge in [-0.3, -0.25) is 19.2 Å². The first-order chi connectivity index (χ1) is 22.8. The summed E-state index contributed by atoms with van der Waals surface area (Å²) in [7, 11) is 0. The van der Waals surface area contributed by atoms with Crippen molar-refractivity contribution in [3.8, 4) is 0 Å². The number of likely N-dealkylation sites (tertiary alicyclic amines) is 1. The van der Waals surface area contributed by atoms with E-state index in [-0.39, 0.29) is 42.1 Å². The SMILES string of the molecule is O=C(CN1CN(c2ccccc2)C2(CCN(C(=O)C(Cc3ccc(Cl)cc3)NC(=O)C3CCCNC3)CC2)C1=O)NC1CCCCC1. The molecule has 2 unspecified atom stereocenters. The van der Waals surface area contributed by atoms with Crippen molar-refractivity contribution in [2.24, 2.45) is 5.92 Å². The van der Waals surface area contributed by atoms with E-state index in [1.165, 1.54) is 6.42 Å². The van der Waals surface area contributed by atoms with E-state index in [4.69, 9.17) is 11.6 Å². The third-order valence-electron chi connectivity index (χ3n) is 10.4. The molecule has 4 fully saturated rings. The number of hydrogen-bond donors (Lipinski definition) is 3. The van der Waals surface area contributed by atoms with Crippen molar-refractivity contribution < 1.29 is 19.2 Å². The first-order valence-corrected chi connectivity index (χ1v) is 17.7. The van der Waals surface area contributed by atoms with Crippen LogP contribution >= 0.6 is 11.6 Å². The topological polar surface area (TPSA) is 114 Å². The van der Waals surface area contributed by atoms with E-state index in [9.17, 15) is 19.2 Å². The van der Waals surface area contributed by atoms with Gasteiger partial charge in [-0.05, 0) is 74.9 Å². The lowest BCUT2D eigenvalue weighted by Gasteiger charge is -2.44. The predicted octanol–water partition coefficient (Wildman–Crippen LogP) is 3.48. The molecule has 2 atom stereocenters. The number of anilines is 1. The Morgan fingerprint density at radius 3 is 2.34 bits per heavy atom. The maximum atomic E-state index is 14.2. The number of para-hydroxylation sites is 1. The van der Waals surface area contributed by atoms with Crippen LogP contribution in [-0.4, -0.2) is 90.4 Å². The van der Waals surface area contributed by atoms with Gasteiger partial charge >= 0.3 is 0 Å². The highest BCUT2D eigenvalue weighted by Crippen LogP contribution is 2.39. The maximum Gasteiger partial charge on any atom is 0.250 e. The van der Waals surface area contributed by atoms with Crippen molar-refractivity contribution in [1.82, 2.24) is 25.8 Å².